The predicted molar refractivity (Wildman–Crippen MR) is 131 cm³/mol. The Morgan fingerprint density at radius 1 is 1.13 bits per heavy atom. The maximum atomic E-state index is 15.3. The Balaban J connectivity index is 1.80. The zero-order chi connectivity index (χ0) is 28.0. The molecule has 3 heterocycles. The highest BCUT2D eigenvalue weighted by molar-refractivity contribution is 7.91. The van der Waals surface area contributed by atoms with Crippen molar-refractivity contribution >= 4 is 26.8 Å². The smallest absolute Gasteiger partial charge is 0.334 e. The number of ether oxygens (including phenoxy) is 1. The number of alkyl halides is 2. The molecule has 0 radical (unpaired) electrons. The molecule has 4 rings (SSSR count). The van der Waals surface area contributed by atoms with Gasteiger partial charge in [-0.05, 0) is 39.7 Å². The number of carbonyl (C=O) groups excluding carboxylic acids is 1. The van der Waals surface area contributed by atoms with Crippen LogP contribution in [0.5, 0.6) is 5.88 Å². The number of nitrogens with zero attached hydrogens (tertiary/aromatic N) is 3. The summed E-state index contributed by atoms with van der Waals surface area (Å²) in [7, 11) is -3.20. The van der Waals surface area contributed by atoms with Crippen molar-refractivity contribution in [3.05, 3.63) is 52.1 Å². The first-order chi connectivity index (χ1) is 17.7. The van der Waals surface area contributed by atoms with Gasteiger partial charge in [-0.1, -0.05) is 0 Å². The summed E-state index contributed by atoms with van der Waals surface area (Å²) in [6, 6.07) is 2.55. The van der Waals surface area contributed by atoms with E-state index in [0.29, 0.717) is 6.20 Å². The largest absolute Gasteiger partial charge is 0.472 e. The number of carbonyl (C=O) groups is 1. The Hall–Kier alpha value is -3.42. The molecule has 0 atom stereocenters. The highest BCUT2D eigenvalue weighted by Crippen LogP contribution is 2.28. The number of benzene rings is 1. The highest BCUT2D eigenvalue weighted by Gasteiger charge is 2.35. The third kappa shape index (κ3) is 5.40. The molecule has 0 unspecified atom stereocenters. The van der Waals surface area contributed by atoms with Gasteiger partial charge in [0.2, 0.25) is 5.88 Å². The number of aromatic nitrogens is 3. The van der Waals surface area contributed by atoms with Crippen LogP contribution in [0, 0.1) is 11.6 Å². The molecule has 1 aliphatic heterocycles. The van der Waals surface area contributed by atoms with Crippen LogP contribution in [-0.4, -0.2) is 58.5 Å². The second-order valence-electron chi connectivity index (χ2n) is 9.75. The van der Waals surface area contributed by atoms with Gasteiger partial charge in [0.15, 0.2) is 12.4 Å². The van der Waals surface area contributed by atoms with E-state index in [9.17, 15) is 31.2 Å². The van der Waals surface area contributed by atoms with Crippen LogP contribution >= 0.6 is 0 Å². The molecule has 206 valence electrons. The third-order valence-corrected chi connectivity index (χ3v) is 8.13. The van der Waals surface area contributed by atoms with Crippen LogP contribution in [0.2, 0.25) is 0 Å². The molecule has 1 saturated heterocycles. The zero-order valence-electron chi connectivity index (χ0n) is 20.8. The standard InChI is InChI=1S/C24H26F4N4O5S/c1-13(2)31-18-8-14(22(33)30-24(3)4-6-38(35,36)7-5-24)15(25)9-19(18)32(23(31)34)17-10-21(29-11-16(17)26)37-12-20(27)28/h8-11,13,20H,4-7,12H2,1-3H3,(H,30,33). The number of sulfone groups is 1. The topological polar surface area (TPSA) is 112 Å². The van der Waals surface area contributed by atoms with Crippen molar-refractivity contribution in [1.82, 2.24) is 19.4 Å². The van der Waals surface area contributed by atoms with Crippen molar-refractivity contribution in [3.8, 4) is 11.6 Å². The molecule has 3 aromatic rings. The van der Waals surface area contributed by atoms with Crippen LogP contribution in [0.4, 0.5) is 17.6 Å². The first kappa shape index (κ1) is 27.6. The fraction of sp³-hybridized carbons (Fsp3) is 0.458. The number of hydrogen-bond donors (Lipinski definition) is 1. The van der Waals surface area contributed by atoms with Crippen LogP contribution in [0.25, 0.3) is 16.7 Å². The Bertz CT molecular complexity index is 1550. The molecule has 14 heteroatoms. The van der Waals surface area contributed by atoms with Crippen LogP contribution in [0.1, 0.15) is 50.0 Å². The lowest BCUT2D eigenvalue weighted by molar-refractivity contribution is 0.0795. The van der Waals surface area contributed by atoms with Crippen molar-refractivity contribution in [3.63, 3.8) is 0 Å². The number of imidazole rings is 1. The molecule has 1 N–H and O–H groups in total. The molecule has 0 spiro atoms. The number of hydrogen-bond acceptors (Lipinski definition) is 6. The lowest BCUT2D eigenvalue weighted by Crippen LogP contribution is -2.51. The SMILES string of the molecule is CC(C)n1c(=O)n(-c2cc(OCC(F)F)ncc2F)c2cc(F)c(C(=O)NC3(C)CCS(=O)(=O)CC3)cc21. The van der Waals surface area contributed by atoms with E-state index in [2.05, 4.69) is 10.3 Å². The average molecular weight is 559 g/mol. The van der Waals surface area contributed by atoms with Crippen LogP contribution in [0.15, 0.2) is 29.2 Å². The van der Waals surface area contributed by atoms with Gasteiger partial charge in [-0.25, -0.2) is 35.8 Å². The van der Waals surface area contributed by atoms with E-state index in [-0.39, 0.29) is 46.8 Å². The summed E-state index contributed by atoms with van der Waals surface area (Å²) in [4.78, 5) is 30.0. The summed E-state index contributed by atoms with van der Waals surface area (Å²) < 4.78 is 85.7. The summed E-state index contributed by atoms with van der Waals surface area (Å²) in [6.45, 7) is 4.00. The maximum absolute atomic E-state index is 15.3. The summed E-state index contributed by atoms with van der Waals surface area (Å²) >= 11 is 0. The third-order valence-electron chi connectivity index (χ3n) is 6.48. The molecule has 0 saturated carbocycles. The molecular formula is C24H26F4N4O5S. The predicted octanol–water partition coefficient (Wildman–Crippen LogP) is 3.39. The Kier molecular flexibility index (Phi) is 7.30. The van der Waals surface area contributed by atoms with Crippen LogP contribution < -0.4 is 15.7 Å². The Morgan fingerprint density at radius 2 is 1.79 bits per heavy atom. The summed E-state index contributed by atoms with van der Waals surface area (Å²) in [5, 5.41) is 2.71. The number of rotatable bonds is 7. The highest BCUT2D eigenvalue weighted by atomic mass is 32.2. The minimum Gasteiger partial charge on any atom is -0.472 e. The number of fused-ring (bicyclic) bond motifs is 1. The molecule has 0 bridgehead atoms. The average Bonchev–Trinajstić information content (AvgIpc) is 3.11. The lowest BCUT2D eigenvalue weighted by Gasteiger charge is -2.34. The minimum atomic E-state index is -3.20. The first-order valence-corrected chi connectivity index (χ1v) is 13.6. The molecule has 1 aliphatic rings. The first-order valence-electron chi connectivity index (χ1n) is 11.8. The summed E-state index contributed by atoms with van der Waals surface area (Å²) in [5.74, 6) is -3.36. The van der Waals surface area contributed by atoms with Gasteiger partial charge < -0.3 is 10.1 Å². The van der Waals surface area contributed by atoms with E-state index < -0.39 is 63.4 Å². The van der Waals surface area contributed by atoms with Crippen molar-refractivity contribution in [2.45, 2.75) is 51.6 Å². The van der Waals surface area contributed by atoms with Gasteiger partial charge in [0.25, 0.3) is 12.3 Å². The number of pyridine rings is 1. The lowest BCUT2D eigenvalue weighted by atomic mass is 9.94. The molecule has 38 heavy (non-hydrogen) atoms. The maximum Gasteiger partial charge on any atom is 0.334 e. The van der Waals surface area contributed by atoms with Crippen molar-refractivity contribution < 1.29 is 35.5 Å². The van der Waals surface area contributed by atoms with Gasteiger partial charge >= 0.3 is 5.69 Å². The van der Waals surface area contributed by atoms with Crippen molar-refractivity contribution in [2.24, 2.45) is 0 Å². The van der Waals surface area contributed by atoms with E-state index in [4.69, 9.17) is 4.74 Å². The summed E-state index contributed by atoms with van der Waals surface area (Å²) in [5.41, 5.74) is -2.36. The van der Waals surface area contributed by atoms with E-state index in [1.165, 1.54) is 10.6 Å². The molecule has 1 amide bonds. The summed E-state index contributed by atoms with van der Waals surface area (Å²) in [6.07, 6.45) is -1.79. The van der Waals surface area contributed by atoms with E-state index in [1.54, 1.807) is 20.8 Å². The van der Waals surface area contributed by atoms with Gasteiger partial charge in [0.1, 0.15) is 15.7 Å². The van der Waals surface area contributed by atoms with Crippen molar-refractivity contribution in [1.29, 1.82) is 0 Å². The normalized spacial score (nSPS) is 16.8. The molecule has 0 aliphatic carbocycles. The minimum absolute atomic E-state index is 0.0716. The second kappa shape index (κ2) is 10.0. The van der Waals surface area contributed by atoms with Gasteiger partial charge in [-0.3, -0.25) is 13.9 Å². The second-order valence-corrected chi connectivity index (χ2v) is 12.0. The molecule has 1 aromatic carbocycles. The quantitative estimate of drug-likeness (QED) is 0.445. The monoisotopic (exact) mass is 558 g/mol. The van der Waals surface area contributed by atoms with Crippen molar-refractivity contribution in [2.75, 3.05) is 18.1 Å². The Morgan fingerprint density at radius 3 is 2.39 bits per heavy atom. The fourth-order valence-electron chi connectivity index (χ4n) is 4.41. The van der Waals surface area contributed by atoms with E-state index in [1.807, 2.05) is 0 Å². The molecule has 9 nitrogen and oxygen atoms in total. The number of halogens is 4. The van der Waals surface area contributed by atoms with Gasteiger partial charge in [-0.15, -0.1) is 0 Å². The number of amides is 1. The zero-order valence-corrected chi connectivity index (χ0v) is 21.6. The molecule has 1 fully saturated rings. The Labute approximate surface area is 215 Å². The van der Waals surface area contributed by atoms with Gasteiger partial charge in [0, 0.05) is 23.7 Å². The van der Waals surface area contributed by atoms with Gasteiger partial charge in [0.05, 0.1) is 40.0 Å². The van der Waals surface area contributed by atoms with Crippen LogP contribution in [-0.2, 0) is 9.84 Å². The van der Waals surface area contributed by atoms with E-state index in [0.717, 1.165) is 16.7 Å². The number of nitrogens with one attached hydrogen (secondary N) is 1. The van der Waals surface area contributed by atoms with E-state index >= 15 is 4.39 Å². The molecule has 2 aromatic heterocycles. The molecular weight excluding hydrogens is 532 g/mol. The van der Waals surface area contributed by atoms with Gasteiger partial charge in [-0.2, -0.15) is 0 Å². The fourth-order valence-corrected chi connectivity index (χ4v) is 6.13. The van der Waals surface area contributed by atoms with Crippen LogP contribution in [0.3, 0.4) is 0 Å².